The summed E-state index contributed by atoms with van der Waals surface area (Å²) < 4.78 is 11.7. The van der Waals surface area contributed by atoms with Gasteiger partial charge in [0, 0.05) is 18.3 Å². The van der Waals surface area contributed by atoms with Gasteiger partial charge in [-0.15, -0.1) is 0 Å². The zero-order chi connectivity index (χ0) is 21.0. The molecule has 0 radical (unpaired) electrons. The normalized spacial score (nSPS) is 33.2. The molecule has 0 heterocycles. The molecule has 0 bridgehead atoms. The van der Waals surface area contributed by atoms with Crippen LogP contribution in [-0.2, 0) is 9.47 Å². The molecule has 0 aromatic rings. The molecule has 0 spiro atoms. The Morgan fingerprint density at radius 2 is 1.53 bits per heavy atom. The Labute approximate surface area is 183 Å². The number of allylic oxidation sites excluding steroid dienone is 7. The maximum atomic E-state index is 6.78. The van der Waals surface area contributed by atoms with E-state index in [2.05, 4.69) is 24.3 Å². The molecule has 4 rings (SSSR count). The topological polar surface area (TPSA) is 44.5 Å². The molecule has 0 saturated heterocycles. The Balaban J connectivity index is 1.79. The van der Waals surface area contributed by atoms with Crippen LogP contribution in [0.1, 0.15) is 64.2 Å². The molecular weight excluding hydrogens is 389 g/mol. The molecule has 2 atom stereocenters. The van der Waals surface area contributed by atoms with Gasteiger partial charge in [0.15, 0.2) is 5.72 Å². The van der Waals surface area contributed by atoms with Crippen molar-refractivity contribution in [2.24, 2.45) is 5.73 Å². The zero-order valence-corrected chi connectivity index (χ0v) is 19.6. The average Bonchev–Trinajstić information content (AvgIpc) is 2.81. The third-order valence-electron chi connectivity index (χ3n) is 7.39. The van der Waals surface area contributed by atoms with Gasteiger partial charge in [0.05, 0.1) is 7.11 Å². The zero-order valence-electron chi connectivity index (χ0n) is 18.7. The van der Waals surface area contributed by atoms with Crippen molar-refractivity contribution in [3.05, 3.63) is 59.4 Å². The summed E-state index contributed by atoms with van der Waals surface area (Å²) in [6, 6.07) is 0. The summed E-state index contributed by atoms with van der Waals surface area (Å²) in [5.74, 6) is 0.837. The maximum Gasteiger partial charge on any atom is 0.165 e. The van der Waals surface area contributed by atoms with Crippen LogP contribution in [0, 0.1) is 0 Å². The molecule has 0 aliphatic heterocycles. The summed E-state index contributed by atoms with van der Waals surface area (Å²) in [5, 5.41) is 0. The minimum atomic E-state index is -0.941. The van der Waals surface area contributed by atoms with Gasteiger partial charge in [-0.05, 0) is 54.7 Å². The predicted octanol–water partition coefficient (Wildman–Crippen LogP) is 6.33. The van der Waals surface area contributed by atoms with Crippen LogP contribution in [0.25, 0.3) is 0 Å². The lowest BCUT2D eigenvalue weighted by atomic mass is 9.88. The van der Waals surface area contributed by atoms with Crippen LogP contribution in [0.2, 0.25) is 0 Å². The summed E-state index contributed by atoms with van der Waals surface area (Å²) >= 11 is 0. The molecule has 4 heteroatoms. The molecule has 2 N–H and O–H groups in total. The van der Waals surface area contributed by atoms with Crippen LogP contribution in [0.4, 0.5) is 0 Å². The smallest absolute Gasteiger partial charge is 0.165 e. The van der Waals surface area contributed by atoms with E-state index in [0.29, 0.717) is 5.66 Å². The molecular formula is C26H38NO2P. The van der Waals surface area contributed by atoms with E-state index in [4.69, 9.17) is 15.2 Å². The van der Waals surface area contributed by atoms with E-state index in [1.54, 1.807) is 14.2 Å². The molecule has 30 heavy (non-hydrogen) atoms. The van der Waals surface area contributed by atoms with E-state index < -0.39 is 5.72 Å². The highest BCUT2D eigenvalue weighted by atomic mass is 31.1. The molecule has 2 fully saturated rings. The number of ether oxygens (including phenoxy) is 2. The van der Waals surface area contributed by atoms with E-state index in [1.165, 1.54) is 69.8 Å². The van der Waals surface area contributed by atoms with Gasteiger partial charge in [-0.3, -0.25) is 5.73 Å². The molecule has 0 aromatic carbocycles. The lowest BCUT2D eigenvalue weighted by Gasteiger charge is -2.44. The third kappa shape index (κ3) is 4.40. The van der Waals surface area contributed by atoms with E-state index in [9.17, 15) is 0 Å². The van der Waals surface area contributed by atoms with Crippen molar-refractivity contribution in [1.82, 2.24) is 0 Å². The van der Waals surface area contributed by atoms with Gasteiger partial charge >= 0.3 is 0 Å². The van der Waals surface area contributed by atoms with E-state index in [1.807, 2.05) is 18.2 Å². The quantitative estimate of drug-likeness (QED) is 0.412. The number of rotatable bonds is 5. The average molecular weight is 428 g/mol. The summed E-state index contributed by atoms with van der Waals surface area (Å²) in [6.45, 7) is 0. The van der Waals surface area contributed by atoms with Crippen molar-refractivity contribution >= 4 is 7.92 Å². The standard InChI is InChI=1S/C26H38NO2P/c1-28-23-17-11-19-26(27,29-2)25(23)22-16-9-10-18-24(22)30(20-12-5-3-6-13-20)21-14-7-4-8-15-21/h9-11,16-21,24H,3-8,12-15,27H2,1-2H3. The third-order valence-corrected chi connectivity index (χ3v) is 11.2. The molecule has 3 nitrogen and oxygen atoms in total. The lowest BCUT2D eigenvalue weighted by molar-refractivity contribution is 0.0627. The van der Waals surface area contributed by atoms with Crippen LogP contribution in [0.15, 0.2) is 59.4 Å². The van der Waals surface area contributed by atoms with Gasteiger partial charge in [0.2, 0.25) is 0 Å². The van der Waals surface area contributed by atoms with Crippen molar-refractivity contribution in [2.75, 3.05) is 14.2 Å². The minimum absolute atomic E-state index is 0.164. The molecule has 4 aliphatic rings. The summed E-state index contributed by atoms with van der Waals surface area (Å²) in [6.07, 6.45) is 29.2. The second kappa shape index (κ2) is 9.98. The molecule has 2 unspecified atom stereocenters. The fourth-order valence-electron chi connectivity index (χ4n) is 5.88. The first-order valence-corrected chi connectivity index (χ1v) is 13.4. The van der Waals surface area contributed by atoms with Gasteiger partial charge in [-0.25, -0.2) is 0 Å². The maximum absolute atomic E-state index is 6.78. The van der Waals surface area contributed by atoms with E-state index >= 15 is 0 Å². The van der Waals surface area contributed by atoms with Crippen molar-refractivity contribution in [3.8, 4) is 0 Å². The molecule has 0 aromatic heterocycles. The fraction of sp³-hybridized carbons (Fsp3) is 0.615. The Bertz CT molecular complexity index is 735. The number of hydrogen-bond acceptors (Lipinski definition) is 3. The van der Waals surface area contributed by atoms with Crippen LogP contribution in [-0.4, -0.2) is 36.9 Å². The van der Waals surface area contributed by atoms with Gasteiger partial charge in [0.25, 0.3) is 0 Å². The Kier molecular flexibility index (Phi) is 7.34. The van der Waals surface area contributed by atoms with Crippen LogP contribution in [0.3, 0.4) is 0 Å². The van der Waals surface area contributed by atoms with Crippen molar-refractivity contribution in [3.63, 3.8) is 0 Å². The molecule has 2 saturated carbocycles. The highest BCUT2D eigenvalue weighted by molar-refractivity contribution is 7.60. The first-order valence-electron chi connectivity index (χ1n) is 11.8. The highest BCUT2D eigenvalue weighted by Gasteiger charge is 2.41. The van der Waals surface area contributed by atoms with E-state index in [-0.39, 0.29) is 7.92 Å². The largest absolute Gasteiger partial charge is 0.496 e. The van der Waals surface area contributed by atoms with Crippen molar-refractivity contribution in [1.29, 1.82) is 0 Å². The van der Waals surface area contributed by atoms with Gasteiger partial charge in [0.1, 0.15) is 5.76 Å². The van der Waals surface area contributed by atoms with Crippen molar-refractivity contribution in [2.45, 2.75) is 86.9 Å². The summed E-state index contributed by atoms with van der Waals surface area (Å²) in [7, 11) is 3.28. The Morgan fingerprint density at radius 3 is 2.10 bits per heavy atom. The second-order valence-corrected chi connectivity index (χ2v) is 12.1. The SMILES string of the molecule is COC1=CC=CC(N)(OC)C1=C1C=CC=CC1P(C1CCCCC1)C1CCCCC1. The van der Waals surface area contributed by atoms with Gasteiger partial charge < -0.3 is 9.47 Å². The summed E-state index contributed by atoms with van der Waals surface area (Å²) in [4.78, 5) is 0. The van der Waals surface area contributed by atoms with E-state index in [0.717, 1.165) is 22.7 Å². The lowest BCUT2D eigenvalue weighted by Crippen LogP contribution is -2.45. The molecule has 164 valence electrons. The first-order chi connectivity index (χ1) is 14.7. The first kappa shape index (κ1) is 22.1. The number of methoxy groups -OCH3 is 2. The monoisotopic (exact) mass is 427 g/mol. The van der Waals surface area contributed by atoms with Crippen molar-refractivity contribution < 1.29 is 9.47 Å². The number of nitrogens with two attached hydrogens (primary N) is 1. The Hall–Kier alpha value is -1.15. The predicted molar refractivity (Wildman–Crippen MR) is 128 cm³/mol. The molecule has 4 aliphatic carbocycles. The number of hydrogen-bond donors (Lipinski definition) is 1. The minimum Gasteiger partial charge on any atom is -0.496 e. The molecule has 0 amide bonds. The second-order valence-electron chi connectivity index (χ2n) is 9.14. The summed E-state index contributed by atoms with van der Waals surface area (Å²) in [5.41, 5.74) is 10.4. The highest BCUT2D eigenvalue weighted by Crippen LogP contribution is 2.62. The van der Waals surface area contributed by atoms with Crippen LogP contribution >= 0.6 is 7.92 Å². The fourth-order valence-corrected chi connectivity index (χ4v) is 10.1. The van der Waals surface area contributed by atoms with Crippen LogP contribution < -0.4 is 5.73 Å². The van der Waals surface area contributed by atoms with Crippen LogP contribution in [0.5, 0.6) is 0 Å². The van der Waals surface area contributed by atoms with Gasteiger partial charge in [-0.2, -0.15) is 0 Å². The Morgan fingerprint density at radius 1 is 0.900 bits per heavy atom. The van der Waals surface area contributed by atoms with Gasteiger partial charge in [-0.1, -0.05) is 76.8 Å².